The number of halogens is 5. The second-order valence-electron chi connectivity index (χ2n) is 13.8. The third kappa shape index (κ3) is 7.62. The first-order chi connectivity index (χ1) is 22.9. The summed E-state index contributed by atoms with van der Waals surface area (Å²) < 4.78 is 90.9. The van der Waals surface area contributed by atoms with Gasteiger partial charge in [0, 0.05) is 23.5 Å². The van der Waals surface area contributed by atoms with E-state index in [1.54, 1.807) is 26.0 Å². The average molecular weight is 687 g/mol. The van der Waals surface area contributed by atoms with Crippen molar-refractivity contribution in [2.75, 3.05) is 11.9 Å². The van der Waals surface area contributed by atoms with Crippen LogP contribution in [0.2, 0.25) is 0 Å². The number of hydrogen-bond donors (Lipinski definition) is 2. The van der Waals surface area contributed by atoms with Gasteiger partial charge in [-0.2, -0.15) is 13.2 Å². The highest BCUT2D eigenvalue weighted by molar-refractivity contribution is 6.63. The average Bonchev–Trinajstić information content (AvgIpc) is 3.24. The smallest absolute Gasteiger partial charge is 0.494 e. The SMILES string of the molecule is CC(C)C(=O)[C@H](Cc1ccc(B2OC(C)(C)C(C)(C)O2)c2c1CCCO2)NC(=O)c1c(F)cc(N[C@H](c2ccccc2)C(F)(F)F)cc1F. The molecule has 3 aromatic carbocycles. The Labute approximate surface area is 283 Å². The van der Waals surface area contributed by atoms with E-state index < -0.39 is 71.3 Å². The van der Waals surface area contributed by atoms with E-state index >= 15 is 8.78 Å². The van der Waals surface area contributed by atoms with E-state index in [0.717, 1.165) is 5.56 Å². The summed E-state index contributed by atoms with van der Waals surface area (Å²) >= 11 is 0. The topological polar surface area (TPSA) is 85.9 Å². The van der Waals surface area contributed by atoms with Gasteiger partial charge in [0.15, 0.2) is 5.78 Å². The second kappa shape index (κ2) is 13.7. The standard InChI is InChI=1S/C36H40BF5N2O5/c1-20(2)30(45)28(17-22-14-15-25(31-24(22)13-10-16-47-31)37-48-34(3,4)35(5,6)49-37)44-33(46)29-26(38)18-23(19-27(29)39)43-32(36(40,41)42)21-11-8-7-9-12-21/h7-9,11-12,14-15,18-20,28,32,43H,10,13,16-17H2,1-6H3,(H,44,46)/t28-,32+/m0/s1. The number of ether oxygens (including phenoxy) is 1. The molecule has 0 aliphatic carbocycles. The monoisotopic (exact) mass is 686 g/mol. The molecule has 3 aromatic rings. The fourth-order valence-electron chi connectivity index (χ4n) is 6.02. The first kappa shape index (κ1) is 36.3. The zero-order valence-electron chi connectivity index (χ0n) is 28.3. The van der Waals surface area contributed by atoms with Crippen molar-refractivity contribution in [1.82, 2.24) is 5.32 Å². The molecule has 2 aliphatic rings. The Morgan fingerprint density at radius 2 is 1.55 bits per heavy atom. The number of hydrogen-bond acceptors (Lipinski definition) is 6. The molecule has 49 heavy (non-hydrogen) atoms. The van der Waals surface area contributed by atoms with Gasteiger partial charge in [-0.15, -0.1) is 0 Å². The maximum atomic E-state index is 15.3. The van der Waals surface area contributed by atoms with E-state index in [0.29, 0.717) is 48.4 Å². The van der Waals surface area contributed by atoms with Gasteiger partial charge in [-0.05, 0) is 69.4 Å². The van der Waals surface area contributed by atoms with Gasteiger partial charge in [-0.25, -0.2) is 8.78 Å². The van der Waals surface area contributed by atoms with Crippen molar-refractivity contribution in [2.45, 2.75) is 90.3 Å². The van der Waals surface area contributed by atoms with Gasteiger partial charge in [-0.3, -0.25) is 9.59 Å². The molecule has 7 nitrogen and oxygen atoms in total. The summed E-state index contributed by atoms with van der Waals surface area (Å²) in [4.78, 5) is 26.8. The van der Waals surface area contributed by atoms with Crippen LogP contribution in [0.25, 0.3) is 0 Å². The molecule has 0 saturated carbocycles. The van der Waals surface area contributed by atoms with Gasteiger partial charge < -0.3 is 24.7 Å². The van der Waals surface area contributed by atoms with E-state index in [4.69, 9.17) is 14.0 Å². The van der Waals surface area contributed by atoms with Crippen LogP contribution < -0.4 is 20.8 Å². The minimum atomic E-state index is -4.79. The molecule has 0 spiro atoms. The number of alkyl halides is 3. The van der Waals surface area contributed by atoms with Crippen molar-refractivity contribution in [1.29, 1.82) is 0 Å². The number of rotatable bonds is 10. The lowest BCUT2D eigenvalue weighted by Gasteiger charge is -2.32. The second-order valence-corrected chi connectivity index (χ2v) is 13.8. The lowest BCUT2D eigenvalue weighted by molar-refractivity contribution is -0.144. The molecule has 1 saturated heterocycles. The normalized spacial score (nSPS) is 18.0. The fraction of sp³-hybridized carbons (Fsp3) is 0.444. The summed E-state index contributed by atoms with van der Waals surface area (Å²) in [5, 5.41) is 4.63. The molecule has 0 bridgehead atoms. The Morgan fingerprint density at radius 1 is 0.939 bits per heavy atom. The number of ketones is 1. The highest BCUT2D eigenvalue weighted by Crippen LogP contribution is 2.39. The highest BCUT2D eigenvalue weighted by Gasteiger charge is 2.53. The molecule has 2 heterocycles. The van der Waals surface area contributed by atoms with E-state index in [9.17, 15) is 22.8 Å². The Kier molecular flexibility index (Phi) is 10.2. The maximum absolute atomic E-state index is 15.3. The number of amides is 1. The van der Waals surface area contributed by atoms with Crippen molar-refractivity contribution in [3.8, 4) is 5.75 Å². The van der Waals surface area contributed by atoms with Crippen molar-refractivity contribution in [3.05, 3.63) is 88.5 Å². The van der Waals surface area contributed by atoms with Gasteiger partial charge in [0.2, 0.25) is 0 Å². The van der Waals surface area contributed by atoms with Crippen LogP contribution in [0.3, 0.4) is 0 Å². The number of carbonyl (C=O) groups excluding carboxylic acids is 2. The number of Topliss-reactive ketones (excluding diaryl/α,β-unsaturated/α-hetero) is 1. The van der Waals surface area contributed by atoms with E-state index in [-0.39, 0.29) is 17.8 Å². The van der Waals surface area contributed by atoms with Crippen LogP contribution in [0.4, 0.5) is 27.6 Å². The number of fused-ring (bicyclic) bond motifs is 1. The first-order valence-corrected chi connectivity index (χ1v) is 16.2. The summed E-state index contributed by atoms with van der Waals surface area (Å²) in [6.45, 7) is 11.5. The molecular formula is C36H40BF5N2O5. The van der Waals surface area contributed by atoms with Gasteiger partial charge in [0.05, 0.1) is 23.9 Å². The molecule has 5 rings (SSSR count). The highest BCUT2D eigenvalue weighted by atomic mass is 19.4. The Bertz CT molecular complexity index is 1670. The summed E-state index contributed by atoms with van der Waals surface area (Å²) in [5.41, 5.74) is -0.642. The Hall–Kier alpha value is -3.97. The molecule has 0 aromatic heterocycles. The predicted octanol–water partition coefficient (Wildman–Crippen LogP) is 6.87. The largest absolute Gasteiger partial charge is 0.498 e. The predicted molar refractivity (Wildman–Crippen MR) is 176 cm³/mol. The minimum Gasteiger partial charge on any atom is -0.494 e. The molecule has 1 fully saturated rings. The van der Waals surface area contributed by atoms with Gasteiger partial charge in [0.1, 0.15) is 29.0 Å². The molecule has 0 radical (unpaired) electrons. The molecule has 262 valence electrons. The first-order valence-electron chi connectivity index (χ1n) is 16.2. The zero-order valence-corrected chi connectivity index (χ0v) is 28.3. The van der Waals surface area contributed by atoms with Crippen LogP contribution >= 0.6 is 0 Å². The minimum absolute atomic E-state index is 0.00527. The molecule has 1 amide bonds. The van der Waals surface area contributed by atoms with Crippen LogP contribution in [-0.4, -0.2) is 48.8 Å². The van der Waals surface area contributed by atoms with Gasteiger partial charge >= 0.3 is 13.3 Å². The summed E-state index contributed by atoms with van der Waals surface area (Å²) in [6.07, 6.45) is -3.46. The third-order valence-corrected chi connectivity index (χ3v) is 9.39. The molecular weight excluding hydrogens is 646 g/mol. The van der Waals surface area contributed by atoms with Crippen molar-refractivity contribution in [2.24, 2.45) is 5.92 Å². The molecule has 2 aliphatic heterocycles. The summed E-state index contributed by atoms with van der Waals surface area (Å²) in [6, 6.07) is 8.27. The number of anilines is 1. The van der Waals surface area contributed by atoms with Crippen molar-refractivity contribution in [3.63, 3.8) is 0 Å². The third-order valence-electron chi connectivity index (χ3n) is 9.39. The summed E-state index contributed by atoms with van der Waals surface area (Å²) in [5.74, 6) is -4.32. The number of benzene rings is 3. The summed E-state index contributed by atoms with van der Waals surface area (Å²) in [7, 11) is -0.693. The zero-order chi connectivity index (χ0) is 35.9. The Balaban J connectivity index is 1.41. The fourth-order valence-corrected chi connectivity index (χ4v) is 6.02. The molecule has 2 atom stereocenters. The molecule has 2 N–H and O–H groups in total. The van der Waals surface area contributed by atoms with Crippen molar-refractivity contribution >= 4 is 30.0 Å². The quantitative estimate of drug-likeness (QED) is 0.179. The lowest BCUT2D eigenvalue weighted by atomic mass is 9.75. The van der Waals surface area contributed by atoms with E-state index in [1.165, 1.54) is 24.3 Å². The maximum Gasteiger partial charge on any atom is 0.498 e. The van der Waals surface area contributed by atoms with Crippen LogP contribution in [-0.2, 0) is 26.9 Å². The lowest BCUT2D eigenvalue weighted by Crippen LogP contribution is -2.45. The molecule has 0 unspecified atom stereocenters. The van der Waals surface area contributed by atoms with Crippen LogP contribution in [0, 0.1) is 17.6 Å². The van der Waals surface area contributed by atoms with Crippen LogP contribution in [0.5, 0.6) is 5.75 Å². The van der Waals surface area contributed by atoms with Gasteiger partial charge in [-0.1, -0.05) is 56.3 Å². The van der Waals surface area contributed by atoms with Crippen molar-refractivity contribution < 1.29 is 45.6 Å². The van der Waals surface area contributed by atoms with E-state index in [1.807, 2.05) is 33.8 Å². The number of carbonyl (C=O) groups is 2. The molecule has 13 heteroatoms. The Morgan fingerprint density at radius 3 is 2.12 bits per heavy atom. The van der Waals surface area contributed by atoms with Gasteiger partial charge in [0.25, 0.3) is 5.91 Å². The number of nitrogens with one attached hydrogen (secondary N) is 2. The van der Waals surface area contributed by atoms with Crippen LogP contribution in [0.15, 0.2) is 54.6 Å². The van der Waals surface area contributed by atoms with Crippen LogP contribution in [0.1, 0.15) is 81.1 Å². The van der Waals surface area contributed by atoms with E-state index in [2.05, 4.69) is 10.6 Å².